The summed E-state index contributed by atoms with van der Waals surface area (Å²) in [6.45, 7) is 4.15. The van der Waals surface area contributed by atoms with Crippen molar-refractivity contribution in [1.82, 2.24) is 9.97 Å². The Morgan fingerprint density at radius 1 is 1.25 bits per heavy atom. The molecule has 3 rings (SSSR count). The fourth-order valence-electron chi connectivity index (χ4n) is 3.02. The second-order valence-electron chi connectivity index (χ2n) is 6.69. The zero-order chi connectivity index (χ0) is 23.1. The average molecular weight is 435 g/mol. The molecular weight excluding hydrogens is 414 g/mol. The fraction of sp³-hybridized carbons (Fsp3) is 0.130. The summed E-state index contributed by atoms with van der Waals surface area (Å²) >= 11 is 0. The van der Waals surface area contributed by atoms with E-state index in [0.29, 0.717) is 30.1 Å². The van der Waals surface area contributed by atoms with Crippen LogP contribution < -0.4 is 15.0 Å². The Morgan fingerprint density at radius 2 is 2.00 bits per heavy atom. The van der Waals surface area contributed by atoms with Crippen LogP contribution in [0.3, 0.4) is 0 Å². The molecule has 0 fully saturated rings. The number of nitrogens with zero attached hydrogens (tertiary/aromatic N) is 2. The van der Waals surface area contributed by atoms with E-state index in [-0.39, 0.29) is 5.82 Å². The van der Waals surface area contributed by atoms with Crippen LogP contribution >= 0.6 is 0 Å². The molecule has 0 bridgehead atoms. The third-order valence-corrected chi connectivity index (χ3v) is 4.48. The van der Waals surface area contributed by atoms with E-state index in [4.69, 9.17) is 9.47 Å². The zero-order valence-electron chi connectivity index (χ0n) is 17.3. The second-order valence-corrected chi connectivity index (χ2v) is 6.69. The van der Waals surface area contributed by atoms with E-state index in [1.807, 2.05) is 36.4 Å². The molecule has 32 heavy (non-hydrogen) atoms. The first-order chi connectivity index (χ1) is 15.4. The molecule has 2 aromatic carbocycles. The normalized spacial score (nSPS) is 10.8. The van der Waals surface area contributed by atoms with Crippen molar-refractivity contribution in [3.8, 4) is 17.4 Å². The number of H-pyrrole nitrogens is 1. The number of benzene rings is 2. The lowest BCUT2D eigenvalue weighted by molar-refractivity contribution is -0.387. The van der Waals surface area contributed by atoms with Crippen molar-refractivity contribution in [1.29, 1.82) is 0 Å². The molecule has 2 N–H and O–H groups in total. The number of hydrogen-bond donors (Lipinski definition) is 2. The summed E-state index contributed by atoms with van der Waals surface area (Å²) in [5.74, 6) is 0.112. The molecule has 0 aliphatic carbocycles. The number of methoxy groups -OCH3 is 1. The molecule has 164 valence electrons. The number of nitro groups is 1. The van der Waals surface area contributed by atoms with Crippen LogP contribution in [0, 0.1) is 10.1 Å². The van der Waals surface area contributed by atoms with Gasteiger partial charge >= 0.3 is 11.2 Å². The maximum absolute atomic E-state index is 11.8. The van der Waals surface area contributed by atoms with Gasteiger partial charge in [-0.2, -0.15) is 4.98 Å². The lowest BCUT2D eigenvalue weighted by atomic mass is 10.0. The lowest BCUT2D eigenvalue weighted by Gasteiger charge is -2.16. The molecule has 9 heteroatoms. The van der Waals surface area contributed by atoms with Crippen molar-refractivity contribution in [3.05, 3.63) is 98.1 Å². The first-order valence-corrected chi connectivity index (χ1v) is 9.57. The SMILES string of the molecule is C=CCc1cc(C=Cc2nc(O)c([N+](=O)[O-])c(=O)[nH]2)cc(OC)c1OCc1ccccc1. The predicted octanol–water partition coefficient (Wildman–Crippen LogP) is 3.87. The predicted molar refractivity (Wildman–Crippen MR) is 120 cm³/mol. The second kappa shape index (κ2) is 10.1. The number of aromatic nitrogens is 2. The van der Waals surface area contributed by atoms with Gasteiger partial charge in [0.1, 0.15) is 12.4 Å². The van der Waals surface area contributed by atoms with Crippen molar-refractivity contribution in [3.63, 3.8) is 0 Å². The van der Waals surface area contributed by atoms with E-state index in [1.54, 1.807) is 18.2 Å². The first-order valence-electron chi connectivity index (χ1n) is 9.57. The Bertz CT molecular complexity index is 1220. The van der Waals surface area contributed by atoms with Crippen molar-refractivity contribution < 1.29 is 19.5 Å². The standard InChI is InChI=1S/C23H21N3O6/c1-3-7-17-12-16(10-11-19-24-22(27)20(26(29)30)23(28)25-19)13-18(31-2)21(17)32-14-15-8-5-4-6-9-15/h3-6,8-13H,1,7,14H2,2H3,(H2,24,25,27,28). The highest BCUT2D eigenvalue weighted by atomic mass is 16.6. The fourth-order valence-corrected chi connectivity index (χ4v) is 3.02. The summed E-state index contributed by atoms with van der Waals surface area (Å²) in [7, 11) is 1.53. The number of ether oxygens (including phenoxy) is 2. The molecule has 0 atom stereocenters. The molecular formula is C23H21N3O6. The Labute approximate surface area is 183 Å². The number of rotatable bonds is 9. The van der Waals surface area contributed by atoms with Gasteiger partial charge in [-0.1, -0.05) is 42.5 Å². The quantitative estimate of drug-likeness (QED) is 0.297. The van der Waals surface area contributed by atoms with E-state index in [1.165, 1.54) is 13.2 Å². The summed E-state index contributed by atoms with van der Waals surface area (Å²) in [6, 6.07) is 13.3. The molecule has 0 radical (unpaired) electrons. The molecule has 1 aromatic heterocycles. The minimum atomic E-state index is -1.04. The van der Waals surface area contributed by atoms with Gasteiger partial charge in [-0.15, -0.1) is 6.58 Å². The molecule has 0 saturated carbocycles. The highest BCUT2D eigenvalue weighted by Crippen LogP contribution is 2.35. The van der Waals surface area contributed by atoms with Crippen LogP contribution in [0.15, 0.2) is 59.9 Å². The monoisotopic (exact) mass is 435 g/mol. The summed E-state index contributed by atoms with van der Waals surface area (Å²) < 4.78 is 11.5. The maximum atomic E-state index is 11.8. The number of allylic oxidation sites excluding steroid dienone is 1. The zero-order valence-corrected chi connectivity index (χ0v) is 17.3. The Kier molecular flexibility index (Phi) is 7.02. The molecule has 0 unspecified atom stereocenters. The molecule has 0 amide bonds. The number of aromatic hydroxyl groups is 1. The topological polar surface area (TPSA) is 128 Å². The summed E-state index contributed by atoms with van der Waals surface area (Å²) in [6.07, 6.45) is 5.31. The average Bonchev–Trinajstić information content (AvgIpc) is 2.76. The van der Waals surface area contributed by atoms with Gasteiger partial charge < -0.3 is 19.6 Å². The Hall–Kier alpha value is -4.40. The van der Waals surface area contributed by atoms with Crippen LogP contribution in [0.1, 0.15) is 22.5 Å². The van der Waals surface area contributed by atoms with E-state index < -0.39 is 22.0 Å². The summed E-state index contributed by atoms with van der Waals surface area (Å²) in [4.78, 5) is 27.5. The molecule has 0 spiro atoms. The highest BCUT2D eigenvalue weighted by molar-refractivity contribution is 5.70. The van der Waals surface area contributed by atoms with Gasteiger partial charge in [-0.25, -0.2) is 0 Å². The van der Waals surface area contributed by atoms with Crippen LogP contribution in [0.4, 0.5) is 5.69 Å². The third kappa shape index (κ3) is 5.20. The van der Waals surface area contributed by atoms with Crippen LogP contribution in [0.5, 0.6) is 17.4 Å². The van der Waals surface area contributed by atoms with Crippen molar-refractivity contribution in [2.24, 2.45) is 0 Å². The van der Waals surface area contributed by atoms with Gasteiger partial charge in [0.2, 0.25) is 0 Å². The largest absolute Gasteiger partial charge is 0.493 e. The van der Waals surface area contributed by atoms with Crippen LogP contribution in [-0.2, 0) is 13.0 Å². The van der Waals surface area contributed by atoms with E-state index in [2.05, 4.69) is 16.5 Å². The molecule has 0 aliphatic rings. The van der Waals surface area contributed by atoms with Crippen LogP contribution in [0.2, 0.25) is 0 Å². The van der Waals surface area contributed by atoms with E-state index >= 15 is 0 Å². The maximum Gasteiger partial charge on any atom is 0.395 e. The van der Waals surface area contributed by atoms with Gasteiger partial charge in [0.25, 0.3) is 5.88 Å². The first kappa shape index (κ1) is 22.3. The number of nitrogens with one attached hydrogen (secondary N) is 1. The molecule has 9 nitrogen and oxygen atoms in total. The van der Waals surface area contributed by atoms with Crippen LogP contribution in [-0.4, -0.2) is 27.1 Å². The molecule has 3 aromatic rings. The Balaban J connectivity index is 1.92. The van der Waals surface area contributed by atoms with Gasteiger partial charge in [0.15, 0.2) is 11.5 Å². The van der Waals surface area contributed by atoms with Crippen molar-refractivity contribution in [2.45, 2.75) is 13.0 Å². The van der Waals surface area contributed by atoms with Crippen molar-refractivity contribution in [2.75, 3.05) is 7.11 Å². The van der Waals surface area contributed by atoms with Crippen LogP contribution in [0.25, 0.3) is 12.2 Å². The summed E-state index contributed by atoms with van der Waals surface area (Å²) in [5, 5.41) is 20.5. The lowest BCUT2D eigenvalue weighted by Crippen LogP contribution is -2.14. The van der Waals surface area contributed by atoms with Gasteiger partial charge in [-0.05, 0) is 35.8 Å². The Morgan fingerprint density at radius 3 is 2.62 bits per heavy atom. The number of hydrogen-bond acceptors (Lipinski definition) is 7. The van der Waals surface area contributed by atoms with E-state index in [0.717, 1.165) is 11.1 Å². The molecule has 1 heterocycles. The van der Waals surface area contributed by atoms with E-state index in [9.17, 15) is 20.0 Å². The smallest absolute Gasteiger partial charge is 0.395 e. The highest BCUT2D eigenvalue weighted by Gasteiger charge is 2.21. The minimum Gasteiger partial charge on any atom is -0.493 e. The van der Waals surface area contributed by atoms with Gasteiger partial charge in [0, 0.05) is 5.56 Å². The van der Waals surface area contributed by atoms with Gasteiger partial charge in [-0.3, -0.25) is 14.9 Å². The summed E-state index contributed by atoms with van der Waals surface area (Å²) in [5.41, 5.74) is 0.499. The minimum absolute atomic E-state index is 0.0354. The molecule has 0 saturated heterocycles. The number of aromatic amines is 1. The van der Waals surface area contributed by atoms with Gasteiger partial charge in [0.05, 0.1) is 12.0 Å². The van der Waals surface area contributed by atoms with Crippen molar-refractivity contribution >= 4 is 17.8 Å². The third-order valence-electron chi connectivity index (χ3n) is 4.48. The molecule has 0 aliphatic heterocycles.